The van der Waals surface area contributed by atoms with Gasteiger partial charge in [-0.3, -0.25) is 4.79 Å². The Morgan fingerprint density at radius 3 is 3.12 bits per heavy atom. The van der Waals surface area contributed by atoms with Crippen LogP contribution in [-0.4, -0.2) is 38.4 Å². The summed E-state index contributed by atoms with van der Waals surface area (Å²) in [4.78, 5) is 22.3. The first-order chi connectivity index (χ1) is 12.2. The molecule has 1 amide bonds. The first kappa shape index (κ1) is 15.9. The van der Waals surface area contributed by atoms with Crippen LogP contribution in [0.1, 0.15) is 42.1 Å². The smallest absolute Gasteiger partial charge is 0.270 e. The highest BCUT2D eigenvalue weighted by molar-refractivity contribution is 5.98. The summed E-state index contributed by atoms with van der Waals surface area (Å²) in [5, 5.41) is 0.722. The fourth-order valence-electron chi connectivity index (χ4n) is 3.71. The third-order valence-electron chi connectivity index (χ3n) is 4.96. The minimum atomic E-state index is -0.296. The Hall–Kier alpha value is -2.63. The van der Waals surface area contributed by atoms with Crippen LogP contribution in [0.3, 0.4) is 0 Å². The molecule has 0 unspecified atom stereocenters. The summed E-state index contributed by atoms with van der Waals surface area (Å²) in [6, 6.07) is 6.51. The summed E-state index contributed by atoms with van der Waals surface area (Å²) in [5.74, 6) is 0.732. The molecule has 1 saturated heterocycles. The van der Waals surface area contributed by atoms with Gasteiger partial charge >= 0.3 is 0 Å². The van der Waals surface area contributed by atoms with E-state index >= 15 is 0 Å². The number of likely N-dealkylation sites (tertiary alicyclic amines) is 1. The number of hydrogen-bond acceptors (Lipinski definition) is 2. The van der Waals surface area contributed by atoms with E-state index in [-0.39, 0.29) is 17.8 Å². The van der Waals surface area contributed by atoms with Crippen molar-refractivity contribution < 1.29 is 9.18 Å². The third-order valence-corrected chi connectivity index (χ3v) is 4.96. The molecular formula is C19H21FN4O. The van der Waals surface area contributed by atoms with Gasteiger partial charge in [-0.1, -0.05) is 6.92 Å². The van der Waals surface area contributed by atoms with Gasteiger partial charge in [0.2, 0.25) is 0 Å². The fraction of sp³-hybridized carbons (Fsp3) is 0.368. The van der Waals surface area contributed by atoms with Gasteiger partial charge in [-0.15, -0.1) is 0 Å². The Balaban J connectivity index is 1.56. The SMILES string of the molecule is CCc1nccn1[C@@H]1CCCN(C(=O)c2cc3cc(F)ccc3[nH]2)C1. The molecule has 0 spiro atoms. The van der Waals surface area contributed by atoms with Gasteiger partial charge in [-0.05, 0) is 37.1 Å². The van der Waals surface area contributed by atoms with Gasteiger partial charge in [0.05, 0.1) is 6.04 Å². The average Bonchev–Trinajstić information content (AvgIpc) is 3.27. The van der Waals surface area contributed by atoms with Crippen LogP contribution >= 0.6 is 0 Å². The molecule has 0 radical (unpaired) electrons. The molecule has 0 aliphatic carbocycles. The highest BCUT2D eigenvalue weighted by atomic mass is 19.1. The zero-order valence-corrected chi connectivity index (χ0v) is 14.2. The summed E-state index contributed by atoms with van der Waals surface area (Å²) in [7, 11) is 0. The lowest BCUT2D eigenvalue weighted by Gasteiger charge is -2.33. The molecule has 25 heavy (non-hydrogen) atoms. The minimum Gasteiger partial charge on any atom is -0.351 e. The first-order valence-electron chi connectivity index (χ1n) is 8.75. The van der Waals surface area contributed by atoms with Gasteiger partial charge < -0.3 is 14.5 Å². The van der Waals surface area contributed by atoms with Crippen LogP contribution in [0.2, 0.25) is 0 Å². The molecule has 1 aliphatic heterocycles. The first-order valence-corrected chi connectivity index (χ1v) is 8.75. The van der Waals surface area contributed by atoms with Crippen molar-refractivity contribution in [3.63, 3.8) is 0 Å². The van der Waals surface area contributed by atoms with E-state index in [1.807, 2.05) is 17.3 Å². The van der Waals surface area contributed by atoms with E-state index in [1.54, 1.807) is 12.1 Å². The lowest BCUT2D eigenvalue weighted by molar-refractivity contribution is 0.0673. The number of rotatable bonds is 3. The van der Waals surface area contributed by atoms with E-state index < -0.39 is 0 Å². The molecule has 1 aliphatic rings. The van der Waals surface area contributed by atoms with Crippen LogP contribution in [-0.2, 0) is 6.42 Å². The number of aromatic amines is 1. The van der Waals surface area contributed by atoms with E-state index in [1.165, 1.54) is 12.1 Å². The number of halogens is 1. The van der Waals surface area contributed by atoms with Gasteiger partial charge in [-0.25, -0.2) is 9.37 Å². The van der Waals surface area contributed by atoms with Crippen LogP contribution in [0, 0.1) is 5.82 Å². The normalized spacial score (nSPS) is 18.0. The monoisotopic (exact) mass is 340 g/mol. The van der Waals surface area contributed by atoms with Crippen LogP contribution < -0.4 is 0 Å². The second-order valence-corrected chi connectivity index (χ2v) is 6.57. The predicted molar refractivity (Wildman–Crippen MR) is 94.0 cm³/mol. The highest BCUT2D eigenvalue weighted by Gasteiger charge is 2.27. The van der Waals surface area contributed by atoms with Crippen molar-refractivity contribution >= 4 is 16.8 Å². The van der Waals surface area contributed by atoms with Gasteiger partial charge in [0, 0.05) is 42.8 Å². The molecule has 1 fully saturated rings. The number of fused-ring (bicyclic) bond motifs is 1. The summed E-state index contributed by atoms with van der Waals surface area (Å²) in [5.41, 5.74) is 1.30. The largest absolute Gasteiger partial charge is 0.351 e. The molecule has 1 N–H and O–H groups in total. The quantitative estimate of drug-likeness (QED) is 0.793. The predicted octanol–water partition coefficient (Wildman–Crippen LogP) is 3.54. The fourth-order valence-corrected chi connectivity index (χ4v) is 3.71. The molecule has 130 valence electrons. The second kappa shape index (κ2) is 6.35. The maximum absolute atomic E-state index is 13.4. The number of hydrogen-bond donors (Lipinski definition) is 1. The lowest BCUT2D eigenvalue weighted by atomic mass is 10.0. The number of carbonyl (C=O) groups is 1. The molecule has 3 heterocycles. The number of aryl methyl sites for hydroxylation is 1. The Morgan fingerprint density at radius 1 is 1.40 bits per heavy atom. The number of benzene rings is 1. The summed E-state index contributed by atoms with van der Waals surface area (Å²) < 4.78 is 15.6. The van der Waals surface area contributed by atoms with E-state index in [9.17, 15) is 9.18 Å². The molecule has 5 nitrogen and oxygen atoms in total. The second-order valence-electron chi connectivity index (χ2n) is 6.57. The van der Waals surface area contributed by atoms with E-state index in [0.29, 0.717) is 12.2 Å². The Morgan fingerprint density at radius 2 is 2.28 bits per heavy atom. The highest BCUT2D eigenvalue weighted by Crippen LogP contribution is 2.25. The van der Waals surface area contributed by atoms with Crippen molar-refractivity contribution in [3.05, 3.63) is 54.0 Å². The third kappa shape index (κ3) is 2.92. The number of aromatic nitrogens is 3. The Bertz CT molecular complexity index is 913. The Kier molecular flexibility index (Phi) is 4.03. The van der Waals surface area contributed by atoms with Gasteiger partial charge in [-0.2, -0.15) is 0 Å². The van der Waals surface area contributed by atoms with E-state index in [2.05, 4.69) is 21.5 Å². The molecular weight excluding hydrogens is 319 g/mol. The maximum atomic E-state index is 13.4. The minimum absolute atomic E-state index is 0.0283. The van der Waals surface area contributed by atoms with Crippen molar-refractivity contribution in [2.45, 2.75) is 32.2 Å². The lowest BCUT2D eigenvalue weighted by Crippen LogP contribution is -2.41. The molecule has 6 heteroatoms. The average molecular weight is 340 g/mol. The van der Waals surface area contributed by atoms with Gasteiger partial charge in [0.1, 0.15) is 17.3 Å². The van der Waals surface area contributed by atoms with Crippen molar-refractivity contribution in [1.29, 1.82) is 0 Å². The van der Waals surface area contributed by atoms with Crippen LogP contribution in [0.25, 0.3) is 10.9 Å². The standard InChI is InChI=1S/C19H21FN4O/c1-2-18-21-7-9-24(18)15-4-3-8-23(12-15)19(25)17-11-13-10-14(20)5-6-16(13)22-17/h5-7,9-11,15,22H,2-4,8,12H2,1H3/t15-/m1/s1. The molecule has 4 rings (SSSR count). The zero-order chi connectivity index (χ0) is 17.4. The number of H-pyrrole nitrogens is 1. The van der Waals surface area contributed by atoms with Crippen molar-refractivity contribution in [2.75, 3.05) is 13.1 Å². The molecule has 1 aromatic carbocycles. The summed E-state index contributed by atoms with van der Waals surface area (Å²) >= 11 is 0. The molecule has 1 atom stereocenters. The number of carbonyl (C=O) groups excluding carboxylic acids is 1. The molecule has 3 aromatic rings. The Labute approximate surface area is 145 Å². The van der Waals surface area contributed by atoms with Gasteiger partial charge in [0.15, 0.2) is 0 Å². The van der Waals surface area contributed by atoms with Crippen LogP contribution in [0.5, 0.6) is 0 Å². The summed E-state index contributed by atoms with van der Waals surface area (Å²) in [6.07, 6.45) is 6.72. The van der Waals surface area contributed by atoms with Crippen molar-refractivity contribution in [1.82, 2.24) is 19.4 Å². The van der Waals surface area contributed by atoms with Crippen molar-refractivity contribution in [3.8, 4) is 0 Å². The molecule has 0 saturated carbocycles. The van der Waals surface area contributed by atoms with E-state index in [0.717, 1.165) is 42.5 Å². The number of imidazole rings is 1. The number of nitrogens with one attached hydrogen (secondary N) is 1. The molecule has 0 bridgehead atoms. The van der Waals surface area contributed by atoms with Crippen molar-refractivity contribution in [2.24, 2.45) is 0 Å². The number of amides is 1. The van der Waals surface area contributed by atoms with Gasteiger partial charge in [0.25, 0.3) is 5.91 Å². The maximum Gasteiger partial charge on any atom is 0.270 e. The van der Waals surface area contributed by atoms with E-state index in [4.69, 9.17) is 0 Å². The van der Waals surface area contributed by atoms with Crippen LogP contribution in [0.4, 0.5) is 4.39 Å². The number of nitrogens with zero attached hydrogens (tertiary/aromatic N) is 3. The summed E-state index contributed by atoms with van der Waals surface area (Å²) in [6.45, 7) is 3.51. The topological polar surface area (TPSA) is 53.9 Å². The molecule has 2 aromatic heterocycles. The number of piperidine rings is 1. The van der Waals surface area contributed by atoms with Crippen LogP contribution in [0.15, 0.2) is 36.7 Å². The zero-order valence-electron chi connectivity index (χ0n) is 14.2.